The highest BCUT2D eigenvalue weighted by molar-refractivity contribution is 7.12. The highest BCUT2D eigenvalue weighted by Gasteiger charge is 2.49. The number of carbonyl (C=O) groups is 3. The Labute approximate surface area is 166 Å². The van der Waals surface area contributed by atoms with Crippen LogP contribution in [0.25, 0.3) is 0 Å². The Hall–Kier alpha value is -2.87. The predicted octanol–water partition coefficient (Wildman–Crippen LogP) is 2.79. The Balaban J connectivity index is 1.59. The van der Waals surface area contributed by atoms with Gasteiger partial charge in [0.2, 0.25) is 0 Å². The fourth-order valence-electron chi connectivity index (χ4n) is 3.53. The van der Waals surface area contributed by atoms with E-state index in [4.69, 9.17) is 9.47 Å². The minimum absolute atomic E-state index is 0.253. The molecule has 2 aromatic rings. The molecule has 146 valence electrons. The largest absolute Gasteiger partial charge is 0.486 e. The van der Waals surface area contributed by atoms with Gasteiger partial charge in [0.15, 0.2) is 17.3 Å². The van der Waals surface area contributed by atoms with E-state index < -0.39 is 17.5 Å². The lowest BCUT2D eigenvalue weighted by atomic mass is 9.91. The lowest BCUT2D eigenvalue weighted by Crippen LogP contribution is -2.41. The number of hydrogen-bond acceptors (Lipinski definition) is 6. The summed E-state index contributed by atoms with van der Waals surface area (Å²) in [4.78, 5) is 41.1. The predicted molar refractivity (Wildman–Crippen MR) is 103 cm³/mol. The summed E-state index contributed by atoms with van der Waals surface area (Å²) in [6.45, 7) is 6.01. The second-order valence-electron chi connectivity index (χ2n) is 7.05. The van der Waals surface area contributed by atoms with Crippen LogP contribution in [0.3, 0.4) is 0 Å². The molecule has 1 saturated heterocycles. The highest BCUT2D eigenvalue weighted by atomic mass is 32.1. The number of benzene rings is 1. The van der Waals surface area contributed by atoms with Crippen molar-refractivity contribution in [3.8, 4) is 11.5 Å². The molecule has 2 aliphatic heterocycles. The number of nitrogens with one attached hydrogen (secondary N) is 1. The van der Waals surface area contributed by atoms with Crippen LogP contribution in [0.5, 0.6) is 11.5 Å². The number of fused-ring (bicyclic) bond motifs is 1. The van der Waals surface area contributed by atoms with Crippen molar-refractivity contribution in [2.24, 2.45) is 0 Å². The Morgan fingerprint density at radius 1 is 1.18 bits per heavy atom. The molecule has 0 saturated carbocycles. The number of thiophene rings is 1. The molecule has 1 fully saturated rings. The number of aryl methyl sites for hydroxylation is 2. The first-order valence-corrected chi connectivity index (χ1v) is 9.76. The number of amides is 3. The quantitative estimate of drug-likeness (QED) is 0.630. The lowest BCUT2D eigenvalue weighted by Gasteiger charge is -2.25. The van der Waals surface area contributed by atoms with Gasteiger partial charge in [0.1, 0.15) is 18.8 Å². The second-order valence-corrected chi connectivity index (χ2v) is 8.52. The number of ether oxygens (including phenoxy) is 2. The molecule has 1 atom stereocenters. The summed E-state index contributed by atoms with van der Waals surface area (Å²) in [6, 6.07) is 6.36. The van der Waals surface area contributed by atoms with Crippen molar-refractivity contribution in [1.29, 1.82) is 0 Å². The van der Waals surface area contributed by atoms with E-state index in [2.05, 4.69) is 5.32 Å². The molecule has 1 aromatic heterocycles. The van der Waals surface area contributed by atoms with E-state index in [0.29, 0.717) is 35.8 Å². The molecular formula is C20H20N2O5S. The molecule has 0 bridgehead atoms. The summed E-state index contributed by atoms with van der Waals surface area (Å²) in [5.74, 6) is 0.417. The average Bonchev–Trinajstić information content (AvgIpc) is 3.12. The van der Waals surface area contributed by atoms with Crippen LogP contribution in [0.2, 0.25) is 0 Å². The number of carbonyl (C=O) groups excluding carboxylic acids is 3. The number of ketones is 1. The van der Waals surface area contributed by atoms with Gasteiger partial charge >= 0.3 is 6.03 Å². The molecule has 0 unspecified atom stereocenters. The molecule has 7 nitrogen and oxygen atoms in total. The topological polar surface area (TPSA) is 84.9 Å². The van der Waals surface area contributed by atoms with E-state index >= 15 is 0 Å². The van der Waals surface area contributed by atoms with Crippen LogP contribution in [-0.2, 0) is 10.3 Å². The Morgan fingerprint density at radius 3 is 2.57 bits per heavy atom. The van der Waals surface area contributed by atoms with E-state index in [9.17, 15) is 14.4 Å². The average molecular weight is 400 g/mol. The zero-order chi connectivity index (χ0) is 20.1. The third kappa shape index (κ3) is 2.93. The minimum Gasteiger partial charge on any atom is -0.486 e. The maximum absolute atomic E-state index is 13.1. The van der Waals surface area contributed by atoms with Gasteiger partial charge in [-0.2, -0.15) is 0 Å². The van der Waals surface area contributed by atoms with E-state index in [-0.39, 0.29) is 12.3 Å². The van der Waals surface area contributed by atoms with Gasteiger partial charge in [-0.05, 0) is 44.5 Å². The summed E-state index contributed by atoms with van der Waals surface area (Å²) in [6.07, 6.45) is 0. The van der Waals surface area contributed by atoms with Crippen molar-refractivity contribution in [1.82, 2.24) is 10.2 Å². The molecule has 0 radical (unpaired) electrons. The maximum Gasteiger partial charge on any atom is 0.325 e. The van der Waals surface area contributed by atoms with Gasteiger partial charge in [0, 0.05) is 15.3 Å². The van der Waals surface area contributed by atoms with E-state index in [1.165, 1.54) is 11.3 Å². The number of nitrogens with zero attached hydrogens (tertiary/aromatic N) is 1. The lowest BCUT2D eigenvalue weighted by molar-refractivity contribution is -0.130. The van der Waals surface area contributed by atoms with Gasteiger partial charge in [0.25, 0.3) is 5.91 Å². The van der Waals surface area contributed by atoms with Crippen molar-refractivity contribution in [2.45, 2.75) is 26.3 Å². The molecule has 3 heterocycles. The van der Waals surface area contributed by atoms with Gasteiger partial charge < -0.3 is 14.8 Å². The first-order chi connectivity index (χ1) is 13.3. The smallest absolute Gasteiger partial charge is 0.325 e. The van der Waals surface area contributed by atoms with E-state index in [0.717, 1.165) is 14.7 Å². The van der Waals surface area contributed by atoms with Crippen molar-refractivity contribution in [2.75, 3.05) is 19.8 Å². The Morgan fingerprint density at radius 2 is 1.89 bits per heavy atom. The summed E-state index contributed by atoms with van der Waals surface area (Å²) in [7, 11) is 0. The molecule has 3 amide bonds. The summed E-state index contributed by atoms with van der Waals surface area (Å²) < 4.78 is 11.1. The van der Waals surface area contributed by atoms with Crippen LogP contribution < -0.4 is 14.8 Å². The third-order valence-corrected chi connectivity index (χ3v) is 6.00. The van der Waals surface area contributed by atoms with Crippen LogP contribution in [0.15, 0.2) is 24.3 Å². The van der Waals surface area contributed by atoms with E-state index in [1.807, 2.05) is 13.8 Å². The van der Waals surface area contributed by atoms with Crippen molar-refractivity contribution >= 4 is 29.1 Å². The zero-order valence-corrected chi connectivity index (χ0v) is 16.6. The molecule has 8 heteroatoms. The highest BCUT2D eigenvalue weighted by Crippen LogP contribution is 2.37. The number of urea groups is 1. The van der Waals surface area contributed by atoms with Crippen molar-refractivity contribution in [3.05, 3.63) is 45.1 Å². The fourth-order valence-corrected chi connectivity index (χ4v) is 4.47. The molecular weight excluding hydrogens is 380 g/mol. The van der Waals surface area contributed by atoms with Gasteiger partial charge in [0.05, 0.1) is 6.54 Å². The van der Waals surface area contributed by atoms with Crippen LogP contribution in [0.1, 0.15) is 32.6 Å². The molecule has 1 aromatic carbocycles. The van der Waals surface area contributed by atoms with Crippen LogP contribution in [0, 0.1) is 13.8 Å². The van der Waals surface area contributed by atoms with Gasteiger partial charge in [-0.25, -0.2) is 4.79 Å². The zero-order valence-electron chi connectivity index (χ0n) is 15.8. The summed E-state index contributed by atoms with van der Waals surface area (Å²) in [5, 5.41) is 2.72. The summed E-state index contributed by atoms with van der Waals surface area (Å²) in [5.41, 5.74) is -0.143. The molecule has 28 heavy (non-hydrogen) atoms. The van der Waals surface area contributed by atoms with Gasteiger partial charge in [-0.1, -0.05) is 6.07 Å². The number of Topliss-reactive ketones (excluding diaryl/α,β-unsaturated/α-hetero) is 1. The molecule has 0 spiro atoms. The van der Waals surface area contributed by atoms with Crippen molar-refractivity contribution in [3.63, 3.8) is 0 Å². The SMILES string of the molecule is Cc1cc(C(=O)CN2C(=O)N[C@@](C)(c3ccc4c(c3)OCCO4)C2=O)c(C)s1. The van der Waals surface area contributed by atoms with Crippen LogP contribution in [-0.4, -0.2) is 42.4 Å². The number of rotatable bonds is 4. The van der Waals surface area contributed by atoms with Gasteiger partial charge in [-0.3, -0.25) is 14.5 Å². The van der Waals surface area contributed by atoms with Gasteiger partial charge in [-0.15, -0.1) is 11.3 Å². The Bertz CT molecular complexity index is 998. The summed E-state index contributed by atoms with van der Waals surface area (Å²) >= 11 is 1.52. The van der Waals surface area contributed by atoms with Crippen LogP contribution in [0.4, 0.5) is 4.79 Å². The first-order valence-electron chi connectivity index (χ1n) is 8.94. The third-order valence-electron chi connectivity index (χ3n) is 5.04. The standard InChI is InChI=1S/C20H20N2O5S/c1-11-8-14(12(2)28-11)15(23)10-22-18(24)20(3,21-19(22)25)13-4-5-16-17(9-13)27-7-6-26-16/h4-5,8-9H,6-7,10H2,1-3H3,(H,21,25)/t20-/m0/s1. The molecule has 0 aliphatic carbocycles. The van der Waals surface area contributed by atoms with Crippen LogP contribution >= 0.6 is 11.3 Å². The molecule has 4 rings (SSSR count). The maximum atomic E-state index is 13.1. The number of imide groups is 1. The second kappa shape index (κ2) is 6.63. The normalized spacial score (nSPS) is 21.0. The molecule has 1 N–H and O–H groups in total. The Kier molecular flexibility index (Phi) is 4.38. The van der Waals surface area contributed by atoms with E-state index in [1.54, 1.807) is 31.2 Å². The first kappa shape index (κ1) is 18.5. The molecule has 2 aliphatic rings. The van der Waals surface area contributed by atoms with Crippen molar-refractivity contribution < 1.29 is 23.9 Å². The monoisotopic (exact) mass is 400 g/mol. The number of hydrogen-bond donors (Lipinski definition) is 1. The fraction of sp³-hybridized carbons (Fsp3) is 0.350. The minimum atomic E-state index is -1.27.